The highest BCUT2D eigenvalue weighted by Gasteiger charge is 2.59. The van der Waals surface area contributed by atoms with Gasteiger partial charge in [0.05, 0.1) is 22.0 Å². The van der Waals surface area contributed by atoms with Crippen LogP contribution in [-0.4, -0.2) is 25.5 Å². The monoisotopic (exact) mass is 428 g/mol. The number of hydrogen-bond donors (Lipinski definition) is 0. The Morgan fingerprint density at radius 1 is 1.00 bits per heavy atom. The van der Waals surface area contributed by atoms with Crippen LogP contribution in [0.2, 0.25) is 0 Å². The quantitative estimate of drug-likeness (QED) is 0.537. The molecule has 3 aromatic rings. The van der Waals surface area contributed by atoms with E-state index in [1.807, 2.05) is 79.9 Å². The lowest BCUT2D eigenvalue weighted by Crippen LogP contribution is -2.40. The predicted octanol–water partition coefficient (Wildman–Crippen LogP) is 5.20. The first kappa shape index (κ1) is 19.9. The van der Waals surface area contributed by atoms with E-state index >= 15 is 0 Å². The Bertz CT molecular complexity index is 1270. The Morgan fingerprint density at radius 3 is 2.39 bits per heavy atom. The molecule has 0 radical (unpaired) electrons. The van der Waals surface area contributed by atoms with Crippen LogP contribution in [0.3, 0.4) is 0 Å². The van der Waals surface area contributed by atoms with Crippen molar-refractivity contribution in [2.24, 2.45) is 10.9 Å². The second-order valence-corrected chi connectivity index (χ2v) is 10.1. The minimum Gasteiger partial charge on any atom is -0.260 e. The molecule has 2 aliphatic rings. The van der Waals surface area contributed by atoms with Gasteiger partial charge in [0, 0.05) is 18.7 Å². The predicted molar refractivity (Wildman–Crippen MR) is 124 cm³/mol. The first-order valence-electron chi connectivity index (χ1n) is 10.4. The molecule has 1 saturated heterocycles. The number of aryl methyl sites for hydroxylation is 1. The van der Waals surface area contributed by atoms with E-state index in [1.54, 1.807) is 16.4 Å². The number of fused-ring (bicyclic) bond motifs is 2. The third kappa shape index (κ3) is 2.92. The van der Waals surface area contributed by atoms with Gasteiger partial charge in [-0.2, -0.15) is 4.31 Å². The summed E-state index contributed by atoms with van der Waals surface area (Å²) in [5.74, 6) is -0.106. The van der Waals surface area contributed by atoms with Crippen LogP contribution in [0, 0.1) is 12.8 Å². The van der Waals surface area contributed by atoms with Crippen molar-refractivity contribution in [3.63, 3.8) is 0 Å². The number of para-hydroxylation sites is 1. The Hall–Kier alpha value is -3.02. The average Bonchev–Trinajstić information content (AvgIpc) is 3.34. The zero-order valence-corrected chi connectivity index (χ0v) is 18.2. The first-order chi connectivity index (χ1) is 15.0. The summed E-state index contributed by atoms with van der Waals surface area (Å²) in [6.45, 7) is 6.38. The summed E-state index contributed by atoms with van der Waals surface area (Å²) < 4.78 is 29.4. The fourth-order valence-electron chi connectivity index (χ4n) is 5.03. The molecule has 3 atom stereocenters. The van der Waals surface area contributed by atoms with Gasteiger partial charge in [-0.25, -0.2) is 8.42 Å². The van der Waals surface area contributed by atoms with Crippen LogP contribution in [0.25, 0.3) is 0 Å². The molecular formula is C26H24N2O2S. The van der Waals surface area contributed by atoms with Gasteiger partial charge in [0.2, 0.25) is 10.0 Å². The molecule has 2 heterocycles. The summed E-state index contributed by atoms with van der Waals surface area (Å²) >= 11 is 0. The Balaban J connectivity index is 1.75. The second-order valence-electron chi connectivity index (χ2n) is 8.25. The highest BCUT2D eigenvalue weighted by molar-refractivity contribution is 7.89. The molecule has 156 valence electrons. The van der Waals surface area contributed by atoms with Crippen LogP contribution in [0.15, 0.2) is 101 Å². The molecule has 1 fully saturated rings. The Kier molecular flexibility index (Phi) is 4.68. The normalized spacial score (nSPS) is 25.1. The van der Waals surface area contributed by atoms with Gasteiger partial charge < -0.3 is 0 Å². The summed E-state index contributed by atoms with van der Waals surface area (Å²) in [6, 6.07) is 24.5. The van der Waals surface area contributed by atoms with Gasteiger partial charge in [0.25, 0.3) is 0 Å². The summed E-state index contributed by atoms with van der Waals surface area (Å²) in [5, 5.41) is 0. The molecule has 31 heavy (non-hydrogen) atoms. The van der Waals surface area contributed by atoms with Gasteiger partial charge in [-0.15, -0.1) is 6.58 Å². The molecule has 0 bridgehead atoms. The molecule has 5 heteroatoms. The van der Waals surface area contributed by atoms with Crippen molar-refractivity contribution in [1.82, 2.24) is 4.31 Å². The number of sulfonamides is 1. The van der Waals surface area contributed by atoms with Crippen molar-refractivity contribution in [2.45, 2.75) is 23.3 Å². The van der Waals surface area contributed by atoms with Crippen LogP contribution in [0.4, 0.5) is 5.69 Å². The minimum absolute atomic E-state index is 0.106. The molecule has 2 aliphatic heterocycles. The van der Waals surface area contributed by atoms with Crippen LogP contribution in [0.5, 0.6) is 0 Å². The standard InChI is InChI=1S/C26H24N2O2S/c1-3-21-17-28(31(29,30)22-15-13-19(2)14-16-22)25(20-9-5-4-6-10-20)26(21)18-27-24-12-8-7-11-23(24)26/h3-16,18,21,25H,1,17H2,2H3/t21-,25-,26?/m0/s1. The zero-order valence-electron chi connectivity index (χ0n) is 17.3. The Labute approximate surface area is 183 Å². The molecule has 0 saturated carbocycles. The van der Waals surface area contributed by atoms with Crippen molar-refractivity contribution in [1.29, 1.82) is 0 Å². The SMILES string of the molecule is C=C[C@H]1CN(S(=O)(=O)c2ccc(C)cc2)[C@@H](c2ccccc2)C12C=Nc1ccccc12. The molecule has 3 aromatic carbocycles. The minimum atomic E-state index is -3.74. The van der Waals surface area contributed by atoms with Crippen molar-refractivity contribution in [2.75, 3.05) is 6.54 Å². The third-order valence-electron chi connectivity index (χ3n) is 6.55. The van der Waals surface area contributed by atoms with Crippen molar-refractivity contribution < 1.29 is 8.42 Å². The summed E-state index contributed by atoms with van der Waals surface area (Å²) in [4.78, 5) is 5.02. The smallest absolute Gasteiger partial charge is 0.243 e. The van der Waals surface area contributed by atoms with Gasteiger partial charge in [-0.05, 0) is 36.2 Å². The lowest BCUT2D eigenvalue weighted by atomic mass is 9.68. The summed E-state index contributed by atoms with van der Waals surface area (Å²) in [6.07, 6.45) is 3.83. The van der Waals surface area contributed by atoms with Gasteiger partial charge >= 0.3 is 0 Å². The number of rotatable bonds is 4. The molecular weight excluding hydrogens is 404 g/mol. The molecule has 1 spiro atoms. The molecule has 0 aromatic heterocycles. The van der Waals surface area contributed by atoms with E-state index in [1.165, 1.54) is 0 Å². The lowest BCUT2D eigenvalue weighted by Gasteiger charge is -2.36. The maximum Gasteiger partial charge on any atom is 0.243 e. The van der Waals surface area contributed by atoms with Gasteiger partial charge in [-0.3, -0.25) is 4.99 Å². The van der Waals surface area contributed by atoms with E-state index < -0.39 is 21.5 Å². The molecule has 0 aliphatic carbocycles. The van der Waals surface area contributed by atoms with Crippen molar-refractivity contribution >= 4 is 21.9 Å². The van der Waals surface area contributed by atoms with Crippen LogP contribution in [0.1, 0.15) is 22.7 Å². The van der Waals surface area contributed by atoms with Gasteiger partial charge in [-0.1, -0.05) is 72.3 Å². The highest BCUT2D eigenvalue weighted by atomic mass is 32.2. The van der Waals surface area contributed by atoms with Gasteiger partial charge in [0.15, 0.2) is 0 Å². The number of nitrogens with zero attached hydrogens (tertiary/aromatic N) is 2. The topological polar surface area (TPSA) is 49.7 Å². The molecule has 5 rings (SSSR count). The van der Waals surface area contributed by atoms with E-state index in [0.29, 0.717) is 11.4 Å². The first-order valence-corrected chi connectivity index (χ1v) is 11.8. The van der Waals surface area contributed by atoms with Gasteiger partial charge in [0.1, 0.15) is 0 Å². The van der Waals surface area contributed by atoms with E-state index in [0.717, 1.165) is 22.4 Å². The highest BCUT2D eigenvalue weighted by Crippen LogP contribution is 2.57. The maximum absolute atomic E-state index is 13.9. The molecule has 0 N–H and O–H groups in total. The molecule has 1 unspecified atom stereocenters. The summed E-state index contributed by atoms with van der Waals surface area (Å²) in [7, 11) is -3.74. The lowest BCUT2D eigenvalue weighted by molar-refractivity contribution is 0.357. The number of hydrogen-bond acceptors (Lipinski definition) is 3. The third-order valence-corrected chi connectivity index (χ3v) is 8.39. The van der Waals surface area contributed by atoms with E-state index in [2.05, 4.69) is 12.6 Å². The van der Waals surface area contributed by atoms with E-state index in [4.69, 9.17) is 4.99 Å². The Morgan fingerprint density at radius 2 is 1.68 bits per heavy atom. The molecule has 4 nitrogen and oxygen atoms in total. The number of aliphatic imine (C=N–C) groups is 1. The van der Waals surface area contributed by atoms with E-state index in [9.17, 15) is 8.42 Å². The van der Waals surface area contributed by atoms with Crippen molar-refractivity contribution in [3.05, 3.63) is 108 Å². The molecule has 0 amide bonds. The van der Waals surface area contributed by atoms with Crippen LogP contribution in [-0.2, 0) is 15.4 Å². The van der Waals surface area contributed by atoms with Crippen molar-refractivity contribution in [3.8, 4) is 0 Å². The summed E-state index contributed by atoms with van der Waals surface area (Å²) in [5.41, 5.74) is 3.32. The maximum atomic E-state index is 13.9. The largest absolute Gasteiger partial charge is 0.260 e. The van der Waals surface area contributed by atoms with Crippen LogP contribution >= 0.6 is 0 Å². The zero-order chi connectivity index (χ0) is 21.6. The fraction of sp³-hybridized carbons (Fsp3) is 0.192. The van der Waals surface area contributed by atoms with E-state index in [-0.39, 0.29) is 5.92 Å². The fourth-order valence-corrected chi connectivity index (χ4v) is 6.71. The average molecular weight is 429 g/mol. The second kappa shape index (κ2) is 7.29. The van der Waals surface area contributed by atoms with Crippen LogP contribution < -0.4 is 0 Å². The number of benzene rings is 3.